The van der Waals surface area contributed by atoms with Gasteiger partial charge < -0.3 is 20.4 Å². The quantitative estimate of drug-likeness (QED) is 0.579. The van der Waals surface area contributed by atoms with Crippen molar-refractivity contribution in [3.63, 3.8) is 0 Å². The summed E-state index contributed by atoms with van der Waals surface area (Å²) < 4.78 is 13.4. The number of rotatable bonds is 6. The Bertz CT molecular complexity index is 813. The van der Waals surface area contributed by atoms with E-state index in [4.69, 9.17) is 0 Å². The van der Waals surface area contributed by atoms with Crippen LogP contribution in [0, 0.1) is 12.7 Å². The van der Waals surface area contributed by atoms with Crippen LogP contribution in [0.1, 0.15) is 23.6 Å². The van der Waals surface area contributed by atoms with E-state index in [2.05, 4.69) is 49.5 Å². The fourth-order valence-electron chi connectivity index (χ4n) is 3.41. The van der Waals surface area contributed by atoms with E-state index >= 15 is 0 Å². The highest BCUT2D eigenvalue weighted by Gasteiger charge is 2.16. The minimum atomic E-state index is -0.181. The van der Waals surface area contributed by atoms with Gasteiger partial charge in [-0.05, 0) is 42.3 Å². The Morgan fingerprint density at radius 1 is 1.07 bits per heavy atom. The molecule has 1 aliphatic heterocycles. The standard InChI is InChI=1S/C22H31FN6/c1-4-28-9-11-29(12-10-28)21-8-6-19(15-25-21)16-27-22(24-3)26-14-18-5-7-20(23)17(2)13-18/h5-8,13,15H,4,9-12,14,16H2,1-3H3,(H2,24,26,27). The number of halogens is 1. The second-order valence-electron chi connectivity index (χ2n) is 7.31. The lowest BCUT2D eigenvalue weighted by Gasteiger charge is -2.34. The molecular formula is C22H31FN6. The summed E-state index contributed by atoms with van der Waals surface area (Å²) in [5.41, 5.74) is 2.76. The summed E-state index contributed by atoms with van der Waals surface area (Å²) in [6, 6.07) is 9.33. The van der Waals surface area contributed by atoms with Gasteiger partial charge in [-0.25, -0.2) is 9.37 Å². The molecule has 1 aromatic heterocycles. The highest BCUT2D eigenvalue weighted by molar-refractivity contribution is 5.79. The second kappa shape index (κ2) is 10.2. The molecule has 0 aliphatic carbocycles. The van der Waals surface area contributed by atoms with E-state index in [0.29, 0.717) is 24.6 Å². The lowest BCUT2D eigenvalue weighted by atomic mass is 10.1. The Hall–Kier alpha value is -2.67. The van der Waals surface area contributed by atoms with E-state index in [9.17, 15) is 4.39 Å². The predicted octanol–water partition coefficient (Wildman–Crippen LogP) is 2.54. The van der Waals surface area contributed by atoms with Gasteiger partial charge in [-0.2, -0.15) is 0 Å². The Labute approximate surface area is 172 Å². The number of benzene rings is 1. The van der Waals surface area contributed by atoms with Gasteiger partial charge >= 0.3 is 0 Å². The van der Waals surface area contributed by atoms with Gasteiger partial charge in [0.2, 0.25) is 0 Å². The van der Waals surface area contributed by atoms with Crippen LogP contribution in [-0.4, -0.2) is 55.6 Å². The molecule has 156 valence electrons. The number of aromatic nitrogens is 1. The van der Waals surface area contributed by atoms with Gasteiger partial charge in [-0.3, -0.25) is 4.99 Å². The Morgan fingerprint density at radius 3 is 2.34 bits per heavy atom. The van der Waals surface area contributed by atoms with Gasteiger partial charge in [0, 0.05) is 52.5 Å². The third-order valence-corrected chi connectivity index (χ3v) is 5.32. The summed E-state index contributed by atoms with van der Waals surface area (Å²) in [7, 11) is 1.74. The molecule has 1 fully saturated rings. The SMILES string of the molecule is CCN1CCN(c2ccc(CNC(=NC)NCc3ccc(F)c(C)c3)cn2)CC1. The molecule has 3 rings (SSSR count). The van der Waals surface area contributed by atoms with Crippen molar-refractivity contribution in [2.24, 2.45) is 4.99 Å². The van der Waals surface area contributed by atoms with Crippen molar-refractivity contribution in [1.29, 1.82) is 0 Å². The van der Waals surface area contributed by atoms with Crippen molar-refractivity contribution in [2.75, 3.05) is 44.7 Å². The zero-order valence-electron chi connectivity index (χ0n) is 17.6. The summed E-state index contributed by atoms with van der Waals surface area (Å²) in [6.45, 7) is 10.6. The van der Waals surface area contributed by atoms with Crippen LogP contribution in [-0.2, 0) is 13.1 Å². The predicted molar refractivity (Wildman–Crippen MR) is 117 cm³/mol. The van der Waals surface area contributed by atoms with Crippen LogP contribution < -0.4 is 15.5 Å². The number of anilines is 1. The first-order valence-electron chi connectivity index (χ1n) is 10.2. The van der Waals surface area contributed by atoms with E-state index in [1.807, 2.05) is 12.3 Å². The number of pyridine rings is 1. The number of aliphatic imine (C=N–C) groups is 1. The lowest BCUT2D eigenvalue weighted by molar-refractivity contribution is 0.270. The minimum absolute atomic E-state index is 0.181. The molecule has 1 aliphatic rings. The highest BCUT2D eigenvalue weighted by Crippen LogP contribution is 2.14. The first-order valence-corrected chi connectivity index (χ1v) is 10.2. The largest absolute Gasteiger partial charge is 0.354 e. The topological polar surface area (TPSA) is 55.8 Å². The molecule has 2 N–H and O–H groups in total. The van der Waals surface area contributed by atoms with Gasteiger partial charge in [0.1, 0.15) is 11.6 Å². The third-order valence-electron chi connectivity index (χ3n) is 5.32. The summed E-state index contributed by atoms with van der Waals surface area (Å²) in [5, 5.41) is 6.56. The van der Waals surface area contributed by atoms with Crippen molar-refractivity contribution >= 4 is 11.8 Å². The fourth-order valence-corrected chi connectivity index (χ4v) is 3.41. The Balaban J connectivity index is 1.47. The molecule has 2 aromatic rings. The van der Waals surface area contributed by atoms with Crippen LogP contribution >= 0.6 is 0 Å². The van der Waals surface area contributed by atoms with Gasteiger partial charge in [0.15, 0.2) is 5.96 Å². The molecule has 7 heteroatoms. The van der Waals surface area contributed by atoms with Crippen LogP contribution in [0.4, 0.5) is 10.2 Å². The molecule has 0 radical (unpaired) electrons. The first-order chi connectivity index (χ1) is 14.1. The number of likely N-dealkylation sites (N-methyl/N-ethyl adjacent to an activating group) is 1. The monoisotopic (exact) mass is 398 g/mol. The number of guanidine groups is 1. The van der Waals surface area contributed by atoms with Gasteiger partial charge in [-0.1, -0.05) is 25.1 Å². The van der Waals surface area contributed by atoms with Gasteiger partial charge in [-0.15, -0.1) is 0 Å². The molecule has 29 heavy (non-hydrogen) atoms. The fraction of sp³-hybridized carbons (Fsp3) is 0.455. The number of nitrogens with zero attached hydrogens (tertiary/aromatic N) is 4. The molecule has 0 atom stereocenters. The molecule has 0 bridgehead atoms. The molecule has 2 heterocycles. The Kier molecular flexibility index (Phi) is 7.41. The number of aryl methyl sites for hydroxylation is 1. The third kappa shape index (κ3) is 5.90. The van der Waals surface area contributed by atoms with Crippen molar-refractivity contribution in [3.8, 4) is 0 Å². The maximum Gasteiger partial charge on any atom is 0.191 e. The molecule has 0 spiro atoms. The Morgan fingerprint density at radius 2 is 1.76 bits per heavy atom. The average molecular weight is 399 g/mol. The van der Waals surface area contributed by atoms with E-state index in [0.717, 1.165) is 49.7 Å². The summed E-state index contributed by atoms with van der Waals surface area (Å²) >= 11 is 0. The molecule has 1 saturated heterocycles. The molecule has 0 saturated carbocycles. The normalized spacial score (nSPS) is 15.4. The zero-order valence-corrected chi connectivity index (χ0v) is 17.6. The van der Waals surface area contributed by atoms with Crippen LogP contribution in [0.25, 0.3) is 0 Å². The maximum absolute atomic E-state index is 13.4. The minimum Gasteiger partial charge on any atom is -0.354 e. The van der Waals surface area contributed by atoms with E-state index in [1.54, 1.807) is 20.0 Å². The van der Waals surface area contributed by atoms with Crippen molar-refractivity contribution in [2.45, 2.75) is 26.9 Å². The lowest BCUT2D eigenvalue weighted by Crippen LogP contribution is -2.46. The van der Waals surface area contributed by atoms with E-state index < -0.39 is 0 Å². The molecule has 0 unspecified atom stereocenters. The maximum atomic E-state index is 13.4. The number of hydrogen-bond donors (Lipinski definition) is 2. The van der Waals surface area contributed by atoms with Gasteiger partial charge in [0.05, 0.1) is 0 Å². The molecule has 6 nitrogen and oxygen atoms in total. The molecule has 1 aromatic carbocycles. The van der Waals surface area contributed by atoms with E-state index in [-0.39, 0.29) is 5.82 Å². The first kappa shape index (κ1) is 21.0. The van der Waals surface area contributed by atoms with Crippen molar-refractivity contribution < 1.29 is 4.39 Å². The van der Waals surface area contributed by atoms with Crippen LogP contribution in [0.15, 0.2) is 41.5 Å². The van der Waals surface area contributed by atoms with Crippen molar-refractivity contribution in [3.05, 3.63) is 59.0 Å². The van der Waals surface area contributed by atoms with Crippen LogP contribution in [0.3, 0.4) is 0 Å². The zero-order chi connectivity index (χ0) is 20.6. The summed E-state index contributed by atoms with van der Waals surface area (Å²) in [4.78, 5) is 13.7. The highest BCUT2D eigenvalue weighted by atomic mass is 19.1. The number of nitrogens with one attached hydrogen (secondary N) is 2. The number of piperazine rings is 1. The van der Waals surface area contributed by atoms with Crippen molar-refractivity contribution in [1.82, 2.24) is 20.5 Å². The molecular weight excluding hydrogens is 367 g/mol. The second-order valence-corrected chi connectivity index (χ2v) is 7.31. The number of hydrogen-bond acceptors (Lipinski definition) is 4. The van der Waals surface area contributed by atoms with Gasteiger partial charge in [0.25, 0.3) is 0 Å². The average Bonchev–Trinajstić information content (AvgIpc) is 2.76. The van der Waals surface area contributed by atoms with Crippen LogP contribution in [0.5, 0.6) is 0 Å². The van der Waals surface area contributed by atoms with E-state index in [1.165, 1.54) is 6.07 Å². The summed E-state index contributed by atoms with van der Waals surface area (Å²) in [6.07, 6.45) is 1.92. The van der Waals surface area contributed by atoms with Crippen LogP contribution in [0.2, 0.25) is 0 Å². The smallest absolute Gasteiger partial charge is 0.191 e. The summed E-state index contributed by atoms with van der Waals surface area (Å²) in [5.74, 6) is 1.56. The molecule has 0 amide bonds.